The van der Waals surface area contributed by atoms with Crippen LogP contribution in [0.2, 0.25) is 5.02 Å². The van der Waals surface area contributed by atoms with Gasteiger partial charge in [0.2, 0.25) is 0 Å². The molecule has 1 rings (SSSR count). The van der Waals surface area contributed by atoms with E-state index >= 15 is 0 Å². The quantitative estimate of drug-likeness (QED) is 0.765. The molecule has 82 valence electrons. The van der Waals surface area contributed by atoms with Crippen molar-refractivity contribution in [1.29, 1.82) is 0 Å². The zero-order valence-corrected chi connectivity index (χ0v) is 11.4. The summed E-state index contributed by atoms with van der Waals surface area (Å²) in [7, 11) is 0. The molecule has 0 saturated carbocycles. The molecule has 0 radical (unpaired) electrons. The van der Waals surface area contributed by atoms with Gasteiger partial charge in [0.05, 0.1) is 0 Å². The minimum Gasteiger partial charge on any atom is -0.296 e. The van der Waals surface area contributed by atoms with Crippen LogP contribution in [-0.2, 0) is 11.2 Å². The van der Waals surface area contributed by atoms with E-state index in [4.69, 9.17) is 11.6 Å². The first-order valence-corrected chi connectivity index (χ1v) is 5.92. The molecular formula is C11H11ClFIO. The highest BCUT2D eigenvalue weighted by atomic mass is 127. The molecule has 1 aromatic rings. The first-order valence-electron chi connectivity index (χ1n) is 4.47. The summed E-state index contributed by atoms with van der Waals surface area (Å²) in [5.74, 6) is -0.428. The second-order valence-corrected chi connectivity index (χ2v) is 5.41. The monoisotopic (exact) mass is 340 g/mol. The van der Waals surface area contributed by atoms with Crippen LogP contribution < -0.4 is 0 Å². The molecule has 15 heavy (non-hydrogen) atoms. The van der Waals surface area contributed by atoms with Crippen molar-refractivity contribution >= 4 is 40.0 Å². The van der Waals surface area contributed by atoms with Crippen LogP contribution in [0.25, 0.3) is 0 Å². The molecule has 0 aliphatic carbocycles. The third-order valence-electron chi connectivity index (χ3n) is 2.02. The predicted octanol–water partition coefficient (Wildman–Crippen LogP) is 3.80. The van der Waals surface area contributed by atoms with Crippen molar-refractivity contribution in [1.82, 2.24) is 0 Å². The zero-order valence-electron chi connectivity index (χ0n) is 8.48. The van der Waals surface area contributed by atoms with Gasteiger partial charge in [-0.3, -0.25) is 4.79 Å². The van der Waals surface area contributed by atoms with Crippen LogP contribution in [0.5, 0.6) is 0 Å². The SMILES string of the molecule is CC(C)(F)C(=O)Cc1cc(Cl)ccc1I. The smallest absolute Gasteiger partial charge is 0.173 e. The molecule has 0 aliphatic heterocycles. The number of ketones is 1. The lowest BCUT2D eigenvalue weighted by molar-refractivity contribution is -0.127. The Kier molecular flexibility index (Phi) is 4.12. The molecule has 1 nitrogen and oxygen atoms in total. The van der Waals surface area contributed by atoms with Crippen LogP contribution in [0.1, 0.15) is 19.4 Å². The van der Waals surface area contributed by atoms with Gasteiger partial charge in [-0.15, -0.1) is 0 Å². The summed E-state index contributed by atoms with van der Waals surface area (Å²) < 4.78 is 14.2. The maximum Gasteiger partial charge on any atom is 0.173 e. The van der Waals surface area contributed by atoms with Crippen LogP contribution in [0.3, 0.4) is 0 Å². The van der Waals surface area contributed by atoms with Gasteiger partial charge in [0.25, 0.3) is 0 Å². The topological polar surface area (TPSA) is 17.1 Å². The van der Waals surface area contributed by atoms with E-state index in [-0.39, 0.29) is 6.42 Å². The van der Waals surface area contributed by atoms with E-state index in [2.05, 4.69) is 22.6 Å². The van der Waals surface area contributed by atoms with Gasteiger partial charge < -0.3 is 0 Å². The number of hydrogen-bond acceptors (Lipinski definition) is 1. The van der Waals surface area contributed by atoms with Gasteiger partial charge >= 0.3 is 0 Å². The van der Waals surface area contributed by atoms with Crippen molar-refractivity contribution in [2.24, 2.45) is 0 Å². The van der Waals surface area contributed by atoms with Crippen LogP contribution >= 0.6 is 34.2 Å². The predicted molar refractivity (Wildman–Crippen MR) is 68.1 cm³/mol. The summed E-state index contributed by atoms with van der Waals surface area (Å²) in [6, 6.07) is 5.27. The first kappa shape index (κ1) is 12.9. The maximum atomic E-state index is 13.3. The largest absolute Gasteiger partial charge is 0.296 e. The summed E-state index contributed by atoms with van der Waals surface area (Å²) in [5.41, 5.74) is -1.01. The Hall–Kier alpha value is -0.160. The number of carbonyl (C=O) groups is 1. The molecule has 1 aromatic carbocycles. The lowest BCUT2D eigenvalue weighted by Crippen LogP contribution is -2.27. The molecule has 0 fully saturated rings. The fourth-order valence-corrected chi connectivity index (χ4v) is 1.78. The van der Waals surface area contributed by atoms with Gasteiger partial charge in [0.15, 0.2) is 11.5 Å². The van der Waals surface area contributed by atoms with Crippen LogP contribution in [0.15, 0.2) is 18.2 Å². The van der Waals surface area contributed by atoms with E-state index in [0.717, 1.165) is 9.13 Å². The molecule has 0 N–H and O–H groups in total. The number of hydrogen-bond donors (Lipinski definition) is 0. The van der Waals surface area contributed by atoms with Crippen molar-refractivity contribution < 1.29 is 9.18 Å². The molecule has 0 heterocycles. The Morgan fingerprint density at radius 1 is 1.53 bits per heavy atom. The van der Waals surface area contributed by atoms with Crippen molar-refractivity contribution in [3.8, 4) is 0 Å². The number of alkyl halides is 1. The summed E-state index contributed by atoms with van der Waals surface area (Å²) in [6.45, 7) is 2.54. The minimum atomic E-state index is -1.79. The third-order valence-corrected chi connectivity index (χ3v) is 3.31. The van der Waals surface area contributed by atoms with E-state index in [0.29, 0.717) is 5.02 Å². The number of carbonyl (C=O) groups excluding carboxylic acids is 1. The van der Waals surface area contributed by atoms with E-state index in [1.165, 1.54) is 13.8 Å². The lowest BCUT2D eigenvalue weighted by Gasteiger charge is -2.13. The zero-order chi connectivity index (χ0) is 11.6. The first-order chi connectivity index (χ1) is 6.80. The summed E-state index contributed by atoms with van der Waals surface area (Å²) in [6.07, 6.45) is 0.0856. The number of rotatable bonds is 3. The Morgan fingerprint density at radius 2 is 2.13 bits per heavy atom. The molecule has 0 aliphatic rings. The molecule has 0 saturated heterocycles. The number of Topliss-reactive ketones (excluding diaryl/α,β-unsaturated/α-hetero) is 1. The fourth-order valence-electron chi connectivity index (χ4n) is 1.06. The van der Waals surface area contributed by atoms with Crippen LogP contribution in [-0.4, -0.2) is 11.5 Å². The van der Waals surface area contributed by atoms with Crippen molar-refractivity contribution in [2.75, 3.05) is 0 Å². The number of benzene rings is 1. The standard InChI is InChI=1S/C11H11ClFIO/c1-11(2,13)10(15)6-7-5-8(12)3-4-9(7)14/h3-5H,6H2,1-2H3. The Balaban J connectivity index is 2.90. The highest BCUT2D eigenvalue weighted by Crippen LogP contribution is 2.21. The van der Waals surface area contributed by atoms with E-state index in [1.54, 1.807) is 12.1 Å². The van der Waals surface area contributed by atoms with Crippen LogP contribution in [0, 0.1) is 3.57 Å². The van der Waals surface area contributed by atoms with E-state index < -0.39 is 11.5 Å². The van der Waals surface area contributed by atoms with E-state index in [9.17, 15) is 9.18 Å². The van der Waals surface area contributed by atoms with Gasteiger partial charge in [-0.05, 0) is 60.2 Å². The highest BCUT2D eigenvalue weighted by molar-refractivity contribution is 14.1. The van der Waals surface area contributed by atoms with Crippen molar-refractivity contribution in [3.63, 3.8) is 0 Å². The normalized spacial score (nSPS) is 11.5. The number of halogens is 3. The molecule has 4 heteroatoms. The molecule has 0 amide bonds. The summed E-state index contributed by atoms with van der Waals surface area (Å²) in [5, 5.41) is 0.565. The third kappa shape index (κ3) is 3.72. The fraction of sp³-hybridized carbons (Fsp3) is 0.364. The average Bonchev–Trinajstić information content (AvgIpc) is 2.09. The maximum absolute atomic E-state index is 13.3. The van der Waals surface area contributed by atoms with Crippen molar-refractivity contribution in [2.45, 2.75) is 25.9 Å². The van der Waals surface area contributed by atoms with Gasteiger partial charge in [0, 0.05) is 15.0 Å². The average molecular weight is 341 g/mol. The summed E-state index contributed by atoms with van der Waals surface area (Å²) >= 11 is 7.91. The Morgan fingerprint density at radius 3 is 2.67 bits per heavy atom. The second-order valence-electron chi connectivity index (χ2n) is 3.81. The Labute approximate surface area is 107 Å². The molecule has 0 bridgehead atoms. The van der Waals surface area contributed by atoms with Crippen molar-refractivity contribution in [3.05, 3.63) is 32.4 Å². The Bertz CT molecular complexity index is 385. The molecule has 0 atom stereocenters. The molecule has 0 spiro atoms. The molecule has 0 aromatic heterocycles. The summed E-state index contributed by atoms with van der Waals surface area (Å²) in [4.78, 5) is 11.5. The van der Waals surface area contributed by atoms with E-state index in [1.807, 2.05) is 6.07 Å². The highest BCUT2D eigenvalue weighted by Gasteiger charge is 2.26. The van der Waals surface area contributed by atoms with Crippen LogP contribution in [0.4, 0.5) is 4.39 Å². The molecular weight excluding hydrogens is 329 g/mol. The van der Waals surface area contributed by atoms with Gasteiger partial charge in [0.1, 0.15) is 0 Å². The van der Waals surface area contributed by atoms with Gasteiger partial charge in [-0.1, -0.05) is 11.6 Å². The van der Waals surface area contributed by atoms with Gasteiger partial charge in [-0.25, -0.2) is 4.39 Å². The van der Waals surface area contributed by atoms with Gasteiger partial charge in [-0.2, -0.15) is 0 Å². The second kappa shape index (κ2) is 4.78. The lowest BCUT2D eigenvalue weighted by atomic mass is 9.99. The minimum absolute atomic E-state index is 0.0856. The molecule has 0 unspecified atom stereocenters.